The Morgan fingerprint density at radius 3 is 2.12 bits per heavy atom. The first-order valence-corrected chi connectivity index (χ1v) is 6.38. The third-order valence-corrected chi connectivity index (χ3v) is 4.26. The minimum Gasteiger partial charge on any atom is -0.386 e. The van der Waals surface area contributed by atoms with Gasteiger partial charge in [-0.3, -0.25) is 0 Å². The normalized spacial score (nSPS) is 22.5. The van der Waals surface area contributed by atoms with Gasteiger partial charge >= 0.3 is 0 Å². The van der Waals surface area contributed by atoms with Crippen LogP contribution >= 0.6 is 11.8 Å². The maximum absolute atomic E-state index is 10.3. The fourth-order valence-electron chi connectivity index (χ4n) is 2.15. The molecule has 0 aromatic heterocycles. The number of hydrogen-bond acceptors (Lipinski definition) is 3. The van der Waals surface area contributed by atoms with Gasteiger partial charge in [0.05, 0.1) is 12.1 Å². The summed E-state index contributed by atoms with van der Waals surface area (Å²) in [6, 6.07) is 15.5. The van der Waals surface area contributed by atoms with Crippen LogP contribution in [0.3, 0.4) is 0 Å². The van der Waals surface area contributed by atoms with Gasteiger partial charge in [0.2, 0.25) is 0 Å². The van der Waals surface area contributed by atoms with Gasteiger partial charge in [-0.15, -0.1) is 0 Å². The standard InChI is InChI=1S/C14H13NOS/c15-13-9-5-1-3-7-11(9)17-12-8-4-2-6-10(12)14(13)16/h1-8,13-14,16H,15H2. The van der Waals surface area contributed by atoms with Crippen molar-refractivity contribution in [3.63, 3.8) is 0 Å². The molecule has 1 aliphatic heterocycles. The molecule has 86 valence electrons. The van der Waals surface area contributed by atoms with Crippen molar-refractivity contribution in [2.24, 2.45) is 5.73 Å². The highest BCUT2D eigenvalue weighted by molar-refractivity contribution is 7.99. The Bertz CT molecular complexity index is 506. The highest BCUT2D eigenvalue weighted by atomic mass is 32.2. The van der Waals surface area contributed by atoms with Crippen molar-refractivity contribution in [3.8, 4) is 0 Å². The van der Waals surface area contributed by atoms with Crippen LogP contribution in [0.2, 0.25) is 0 Å². The molecule has 0 spiro atoms. The fraction of sp³-hybridized carbons (Fsp3) is 0.143. The van der Waals surface area contributed by atoms with Crippen molar-refractivity contribution in [2.45, 2.75) is 21.9 Å². The summed E-state index contributed by atoms with van der Waals surface area (Å²) in [5, 5.41) is 10.3. The van der Waals surface area contributed by atoms with E-state index in [4.69, 9.17) is 5.73 Å². The highest BCUT2D eigenvalue weighted by Gasteiger charge is 2.27. The molecule has 1 heterocycles. The predicted octanol–water partition coefficient (Wildman–Crippen LogP) is 2.88. The molecule has 0 amide bonds. The van der Waals surface area contributed by atoms with Crippen LogP contribution in [0.5, 0.6) is 0 Å². The summed E-state index contributed by atoms with van der Waals surface area (Å²) in [6.07, 6.45) is -0.637. The van der Waals surface area contributed by atoms with Crippen molar-refractivity contribution in [1.82, 2.24) is 0 Å². The summed E-state index contributed by atoms with van der Waals surface area (Å²) < 4.78 is 0. The third-order valence-electron chi connectivity index (χ3n) is 3.08. The summed E-state index contributed by atoms with van der Waals surface area (Å²) in [5.41, 5.74) is 8.07. The molecule has 1 aliphatic rings. The largest absolute Gasteiger partial charge is 0.386 e. The molecule has 0 aliphatic carbocycles. The summed E-state index contributed by atoms with van der Waals surface area (Å²) >= 11 is 1.67. The zero-order valence-corrected chi connectivity index (χ0v) is 10.0. The Balaban J connectivity index is 2.20. The van der Waals surface area contributed by atoms with Gasteiger partial charge < -0.3 is 10.8 Å². The van der Waals surface area contributed by atoms with Gasteiger partial charge in [-0.25, -0.2) is 0 Å². The molecular weight excluding hydrogens is 230 g/mol. The van der Waals surface area contributed by atoms with Crippen molar-refractivity contribution < 1.29 is 5.11 Å². The van der Waals surface area contributed by atoms with E-state index in [0.717, 1.165) is 20.9 Å². The molecular formula is C14H13NOS. The van der Waals surface area contributed by atoms with Crippen LogP contribution in [0.4, 0.5) is 0 Å². The van der Waals surface area contributed by atoms with Gasteiger partial charge in [0.25, 0.3) is 0 Å². The van der Waals surface area contributed by atoms with Gasteiger partial charge in [0, 0.05) is 9.79 Å². The molecule has 17 heavy (non-hydrogen) atoms. The lowest BCUT2D eigenvalue weighted by Crippen LogP contribution is -2.19. The maximum Gasteiger partial charge on any atom is 0.0993 e. The smallest absolute Gasteiger partial charge is 0.0993 e. The number of fused-ring (bicyclic) bond motifs is 2. The Morgan fingerprint density at radius 1 is 0.882 bits per heavy atom. The van der Waals surface area contributed by atoms with Crippen molar-refractivity contribution in [3.05, 3.63) is 59.7 Å². The molecule has 3 N–H and O–H groups in total. The van der Waals surface area contributed by atoms with Crippen LogP contribution in [0.25, 0.3) is 0 Å². The Kier molecular flexibility index (Phi) is 2.67. The third kappa shape index (κ3) is 1.76. The molecule has 3 heteroatoms. The highest BCUT2D eigenvalue weighted by Crippen LogP contribution is 2.44. The molecule has 0 saturated carbocycles. The van der Waals surface area contributed by atoms with Crippen LogP contribution < -0.4 is 5.73 Å². The Labute approximate surface area is 104 Å². The van der Waals surface area contributed by atoms with Crippen LogP contribution in [-0.4, -0.2) is 5.11 Å². The van der Waals surface area contributed by atoms with E-state index in [1.807, 2.05) is 42.5 Å². The van der Waals surface area contributed by atoms with Crippen LogP contribution in [0, 0.1) is 0 Å². The second-order valence-corrected chi connectivity index (χ2v) is 5.23. The molecule has 0 bridgehead atoms. The van der Waals surface area contributed by atoms with Gasteiger partial charge in [-0.05, 0) is 23.3 Å². The number of aliphatic hydroxyl groups excluding tert-OH is 1. The zero-order chi connectivity index (χ0) is 11.8. The summed E-state index contributed by atoms with van der Waals surface area (Å²) in [7, 11) is 0. The Hall–Kier alpha value is -1.29. The summed E-state index contributed by atoms with van der Waals surface area (Å²) in [6.45, 7) is 0. The van der Waals surface area contributed by atoms with Gasteiger partial charge in [-0.1, -0.05) is 48.2 Å². The SMILES string of the molecule is NC1c2ccccc2Sc2ccccc2C1O. The van der Waals surface area contributed by atoms with Crippen LogP contribution in [0.1, 0.15) is 23.3 Å². The fourth-order valence-corrected chi connectivity index (χ4v) is 3.31. The van der Waals surface area contributed by atoms with Crippen molar-refractivity contribution in [1.29, 1.82) is 0 Å². The number of aliphatic hydroxyl groups is 1. The topological polar surface area (TPSA) is 46.2 Å². The predicted molar refractivity (Wildman–Crippen MR) is 68.9 cm³/mol. The summed E-state index contributed by atoms with van der Waals surface area (Å²) in [5.74, 6) is 0. The second-order valence-electron chi connectivity index (χ2n) is 4.15. The first-order valence-electron chi connectivity index (χ1n) is 5.57. The Morgan fingerprint density at radius 2 is 1.41 bits per heavy atom. The van der Waals surface area contributed by atoms with E-state index in [0.29, 0.717) is 0 Å². The van der Waals surface area contributed by atoms with Crippen LogP contribution in [0.15, 0.2) is 58.3 Å². The molecule has 2 atom stereocenters. The van der Waals surface area contributed by atoms with Gasteiger partial charge in [-0.2, -0.15) is 0 Å². The average Bonchev–Trinajstić information content (AvgIpc) is 2.48. The molecule has 2 nitrogen and oxygen atoms in total. The van der Waals surface area contributed by atoms with Gasteiger partial charge in [0.1, 0.15) is 0 Å². The van der Waals surface area contributed by atoms with Crippen LogP contribution in [-0.2, 0) is 0 Å². The number of benzene rings is 2. The first kappa shape index (κ1) is 10.8. The second kappa shape index (κ2) is 4.18. The van der Waals surface area contributed by atoms with E-state index < -0.39 is 6.10 Å². The van der Waals surface area contributed by atoms with Crippen molar-refractivity contribution >= 4 is 11.8 Å². The maximum atomic E-state index is 10.3. The van der Waals surface area contributed by atoms with Crippen molar-refractivity contribution in [2.75, 3.05) is 0 Å². The quantitative estimate of drug-likeness (QED) is 0.748. The molecule has 2 aromatic rings. The average molecular weight is 243 g/mol. The number of nitrogens with two attached hydrogens (primary N) is 1. The van der Waals surface area contributed by atoms with E-state index >= 15 is 0 Å². The molecule has 0 fully saturated rings. The monoisotopic (exact) mass is 243 g/mol. The van der Waals surface area contributed by atoms with E-state index in [2.05, 4.69) is 6.07 Å². The lowest BCUT2D eigenvalue weighted by Gasteiger charge is -2.18. The van der Waals surface area contributed by atoms with Gasteiger partial charge in [0.15, 0.2) is 0 Å². The molecule has 2 aromatic carbocycles. The van der Waals surface area contributed by atoms with E-state index in [9.17, 15) is 5.11 Å². The minimum absolute atomic E-state index is 0.359. The molecule has 3 rings (SSSR count). The van der Waals surface area contributed by atoms with E-state index in [-0.39, 0.29) is 6.04 Å². The number of hydrogen-bond donors (Lipinski definition) is 2. The number of rotatable bonds is 0. The zero-order valence-electron chi connectivity index (χ0n) is 9.21. The molecule has 0 radical (unpaired) electrons. The lowest BCUT2D eigenvalue weighted by atomic mass is 9.97. The first-order chi connectivity index (χ1) is 8.27. The summed E-state index contributed by atoms with van der Waals surface area (Å²) in [4.78, 5) is 2.21. The van der Waals surface area contributed by atoms with E-state index in [1.165, 1.54) is 0 Å². The minimum atomic E-state index is -0.637. The lowest BCUT2D eigenvalue weighted by molar-refractivity contribution is 0.144. The molecule has 0 saturated heterocycles. The molecule has 2 unspecified atom stereocenters. The van der Waals surface area contributed by atoms with E-state index in [1.54, 1.807) is 11.8 Å².